The molecule has 0 bridgehead atoms. The van der Waals surface area contributed by atoms with E-state index in [9.17, 15) is 4.79 Å². The molecule has 5 nitrogen and oxygen atoms in total. The van der Waals surface area contributed by atoms with Crippen molar-refractivity contribution < 1.29 is 9.53 Å². The van der Waals surface area contributed by atoms with Crippen LogP contribution < -0.4 is 10.1 Å². The number of nitrogens with zero attached hydrogens (tertiary/aromatic N) is 2. The molecule has 1 aromatic carbocycles. The van der Waals surface area contributed by atoms with E-state index in [2.05, 4.69) is 24.3 Å². The zero-order chi connectivity index (χ0) is 16.3. The summed E-state index contributed by atoms with van der Waals surface area (Å²) in [4.78, 5) is 12.3. The van der Waals surface area contributed by atoms with Gasteiger partial charge in [-0.15, -0.1) is 0 Å². The molecule has 5 heteroatoms. The van der Waals surface area contributed by atoms with Crippen molar-refractivity contribution in [2.75, 3.05) is 13.7 Å². The van der Waals surface area contributed by atoms with Crippen molar-refractivity contribution in [3.8, 4) is 5.75 Å². The standard InChI is InChI=1S/C17H23N3O2/c1-12-10-14(20(4)19-12)16(21)18-11-17(2,3)13-8-6-7-9-15(13)22-5/h6-10H,11H2,1-5H3,(H,18,21). The highest BCUT2D eigenvalue weighted by Crippen LogP contribution is 2.30. The van der Waals surface area contributed by atoms with Gasteiger partial charge in [0.2, 0.25) is 0 Å². The second-order valence-corrected chi connectivity index (χ2v) is 6.06. The highest BCUT2D eigenvalue weighted by molar-refractivity contribution is 5.92. The van der Waals surface area contributed by atoms with Gasteiger partial charge >= 0.3 is 0 Å². The van der Waals surface area contributed by atoms with Gasteiger partial charge < -0.3 is 10.1 Å². The minimum absolute atomic E-state index is 0.119. The van der Waals surface area contributed by atoms with E-state index >= 15 is 0 Å². The van der Waals surface area contributed by atoms with Crippen LogP contribution in [0.15, 0.2) is 30.3 Å². The molecule has 22 heavy (non-hydrogen) atoms. The van der Waals surface area contributed by atoms with Gasteiger partial charge in [0.05, 0.1) is 12.8 Å². The van der Waals surface area contributed by atoms with Gasteiger partial charge in [-0.1, -0.05) is 32.0 Å². The molecule has 0 unspecified atom stereocenters. The van der Waals surface area contributed by atoms with Crippen LogP contribution in [0.5, 0.6) is 5.75 Å². The Morgan fingerprint density at radius 3 is 2.64 bits per heavy atom. The molecule has 0 saturated carbocycles. The molecule has 118 valence electrons. The van der Waals surface area contributed by atoms with Gasteiger partial charge in [-0.2, -0.15) is 5.10 Å². The number of ether oxygens (including phenoxy) is 1. The molecule has 1 aromatic heterocycles. The Kier molecular flexibility index (Phi) is 4.54. The maximum atomic E-state index is 12.3. The van der Waals surface area contributed by atoms with Crippen LogP contribution in [-0.2, 0) is 12.5 Å². The van der Waals surface area contributed by atoms with Gasteiger partial charge in [-0.25, -0.2) is 0 Å². The number of carbonyl (C=O) groups excluding carboxylic acids is 1. The smallest absolute Gasteiger partial charge is 0.269 e. The fourth-order valence-corrected chi connectivity index (χ4v) is 2.51. The summed E-state index contributed by atoms with van der Waals surface area (Å²) >= 11 is 0. The van der Waals surface area contributed by atoms with E-state index in [1.807, 2.05) is 31.2 Å². The van der Waals surface area contributed by atoms with Crippen molar-refractivity contribution >= 4 is 5.91 Å². The summed E-state index contributed by atoms with van der Waals surface area (Å²) in [5.74, 6) is 0.712. The van der Waals surface area contributed by atoms with Gasteiger partial charge in [-0.05, 0) is 19.1 Å². The van der Waals surface area contributed by atoms with E-state index in [4.69, 9.17) is 4.74 Å². The average molecular weight is 301 g/mol. The first-order valence-electron chi connectivity index (χ1n) is 7.27. The van der Waals surface area contributed by atoms with Gasteiger partial charge in [0.1, 0.15) is 11.4 Å². The van der Waals surface area contributed by atoms with E-state index in [0.29, 0.717) is 12.2 Å². The van der Waals surface area contributed by atoms with Crippen molar-refractivity contribution in [3.05, 3.63) is 47.3 Å². The molecule has 1 heterocycles. The Morgan fingerprint density at radius 2 is 2.05 bits per heavy atom. The summed E-state index contributed by atoms with van der Waals surface area (Å²) in [6.45, 7) is 6.55. The number of aryl methyl sites for hydroxylation is 2. The zero-order valence-corrected chi connectivity index (χ0v) is 13.8. The predicted octanol–water partition coefficient (Wildman–Crippen LogP) is 2.44. The third-order valence-corrected chi connectivity index (χ3v) is 3.76. The Hall–Kier alpha value is -2.30. The lowest BCUT2D eigenvalue weighted by Gasteiger charge is -2.27. The number of benzene rings is 1. The van der Waals surface area contributed by atoms with Crippen molar-refractivity contribution in [2.24, 2.45) is 7.05 Å². The first-order chi connectivity index (χ1) is 10.3. The maximum Gasteiger partial charge on any atom is 0.269 e. The van der Waals surface area contributed by atoms with Crippen molar-refractivity contribution in [3.63, 3.8) is 0 Å². The summed E-state index contributed by atoms with van der Waals surface area (Å²) in [5, 5.41) is 7.19. The molecule has 2 aromatic rings. The molecular weight excluding hydrogens is 278 g/mol. The highest BCUT2D eigenvalue weighted by Gasteiger charge is 2.25. The van der Waals surface area contributed by atoms with E-state index in [1.54, 1.807) is 24.9 Å². The van der Waals surface area contributed by atoms with E-state index < -0.39 is 0 Å². The largest absolute Gasteiger partial charge is 0.496 e. The van der Waals surface area contributed by atoms with E-state index in [0.717, 1.165) is 17.0 Å². The van der Waals surface area contributed by atoms with Crippen molar-refractivity contribution in [1.82, 2.24) is 15.1 Å². The number of rotatable bonds is 5. The fourth-order valence-electron chi connectivity index (χ4n) is 2.51. The molecule has 0 aliphatic carbocycles. The van der Waals surface area contributed by atoms with Gasteiger partial charge in [-0.3, -0.25) is 9.48 Å². The SMILES string of the molecule is COc1ccccc1C(C)(C)CNC(=O)c1cc(C)nn1C. The number of amides is 1. The summed E-state index contributed by atoms with van der Waals surface area (Å²) in [7, 11) is 3.43. The number of methoxy groups -OCH3 is 1. The van der Waals surface area contributed by atoms with Gasteiger partial charge in [0.25, 0.3) is 5.91 Å². The minimum atomic E-state index is -0.240. The summed E-state index contributed by atoms with van der Waals surface area (Å²) in [6, 6.07) is 9.66. The third kappa shape index (κ3) is 3.30. The molecular formula is C17H23N3O2. The topological polar surface area (TPSA) is 56.1 Å². The third-order valence-electron chi connectivity index (χ3n) is 3.76. The first-order valence-corrected chi connectivity index (χ1v) is 7.27. The normalized spacial score (nSPS) is 11.3. The van der Waals surface area contributed by atoms with Crippen LogP contribution in [0.3, 0.4) is 0 Å². The zero-order valence-electron chi connectivity index (χ0n) is 13.8. The Balaban J connectivity index is 2.12. The van der Waals surface area contributed by atoms with Crippen LogP contribution in [-0.4, -0.2) is 29.3 Å². The lowest BCUT2D eigenvalue weighted by atomic mass is 9.84. The van der Waals surface area contributed by atoms with Gasteiger partial charge in [0, 0.05) is 24.6 Å². The predicted molar refractivity (Wildman–Crippen MR) is 86.3 cm³/mol. The molecule has 0 saturated heterocycles. The molecule has 2 rings (SSSR count). The monoisotopic (exact) mass is 301 g/mol. The average Bonchev–Trinajstić information content (AvgIpc) is 2.83. The molecule has 0 radical (unpaired) electrons. The summed E-state index contributed by atoms with van der Waals surface area (Å²) in [6.07, 6.45) is 0. The summed E-state index contributed by atoms with van der Waals surface area (Å²) < 4.78 is 7.02. The summed E-state index contributed by atoms with van der Waals surface area (Å²) in [5.41, 5.74) is 2.22. The molecule has 1 N–H and O–H groups in total. The second kappa shape index (κ2) is 6.22. The van der Waals surface area contributed by atoms with Crippen LogP contribution in [0.1, 0.15) is 35.6 Å². The Labute approximate surface area is 131 Å². The number of carbonyl (C=O) groups is 1. The highest BCUT2D eigenvalue weighted by atomic mass is 16.5. The van der Waals surface area contributed by atoms with Crippen LogP contribution in [0, 0.1) is 6.92 Å². The van der Waals surface area contributed by atoms with Gasteiger partial charge in [0.15, 0.2) is 0 Å². The molecule has 1 amide bonds. The van der Waals surface area contributed by atoms with E-state index in [1.165, 1.54) is 0 Å². The lowest BCUT2D eigenvalue weighted by Crippen LogP contribution is -2.37. The molecule has 0 aliphatic rings. The minimum Gasteiger partial charge on any atom is -0.496 e. The lowest BCUT2D eigenvalue weighted by molar-refractivity contribution is 0.0936. The quantitative estimate of drug-likeness (QED) is 0.923. The number of nitrogens with one attached hydrogen (secondary N) is 1. The molecule has 0 atom stereocenters. The maximum absolute atomic E-state index is 12.3. The second-order valence-electron chi connectivity index (χ2n) is 6.06. The number of hydrogen-bond acceptors (Lipinski definition) is 3. The Morgan fingerprint density at radius 1 is 1.36 bits per heavy atom. The fraction of sp³-hybridized carbons (Fsp3) is 0.412. The van der Waals surface area contributed by atoms with Crippen LogP contribution in [0.2, 0.25) is 0 Å². The first kappa shape index (κ1) is 16.1. The van der Waals surface area contributed by atoms with Crippen LogP contribution in [0.25, 0.3) is 0 Å². The van der Waals surface area contributed by atoms with Crippen LogP contribution >= 0.6 is 0 Å². The van der Waals surface area contributed by atoms with E-state index in [-0.39, 0.29) is 11.3 Å². The Bertz CT molecular complexity index is 674. The number of hydrogen-bond donors (Lipinski definition) is 1. The van der Waals surface area contributed by atoms with Crippen LogP contribution in [0.4, 0.5) is 0 Å². The number of aromatic nitrogens is 2. The molecule has 0 spiro atoms. The molecule has 0 fully saturated rings. The van der Waals surface area contributed by atoms with Crippen molar-refractivity contribution in [2.45, 2.75) is 26.2 Å². The molecule has 0 aliphatic heterocycles. The van der Waals surface area contributed by atoms with Crippen molar-refractivity contribution in [1.29, 1.82) is 0 Å². The number of para-hydroxylation sites is 1.